The molecule has 5 N–H and O–H groups in total. The summed E-state index contributed by atoms with van der Waals surface area (Å²) in [5.74, 6) is 0.370. The highest BCUT2D eigenvalue weighted by Crippen LogP contribution is 2.11. The second-order valence-electron chi connectivity index (χ2n) is 8.15. The quantitative estimate of drug-likeness (QED) is 0.120. The summed E-state index contributed by atoms with van der Waals surface area (Å²) in [4.78, 5) is 35.1. The van der Waals surface area contributed by atoms with Gasteiger partial charge in [0.2, 0.25) is 5.88 Å². The summed E-state index contributed by atoms with van der Waals surface area (Å²) < 4.78 is 11.6. The zero-order valence-corrected chi connectivity index (χ0v) is 20.0. The fourth-order valence-electron chi connectivity index (χ4n) is 3.65. The molecule has 1 aliphatic rings. The number of hydrogen-bond acceptors (Lipinski definition) is 8. The van der Waals surface area contributed by atoms with E-state index in [0.29, 0.717) is 25.3 Å². The zero-order chi connectivity index (χ0) is 24.2. The molecule has 0 aromatic carbocycles. The fourth-order valence-corrected chi connectivity index (χ4v) is 3.65. The number of amidine groups is 1. The first-order valence-electron chi connectivity index (χ1n) is 11.6. The number of carbonyl (C=O) groups is 1. The van der Waals surface area contributed by atoms with Gasteiger partial charge in [-0.1, -0.05) is 13.3 Å². The molecule has 0 atom stereocenters. The number of esters is 1. The van der Waals surface area contributed by atoms with Crippen molar-refractivity contribution < 1.29 is 14.3 Å². The van der Waals surface area contributed by atoms with E-state index < -0.39 is 0 Å². The molecule has 0 amide bonds. The molecule has 0 aliphatic carbocycles. The first kappa shape index (κ1) is 26.5. The number of H-pyrrole nitrogens is 1. The Hall–Kier alpha value is -2.79. The van der Waals surface area contributed by atoms with E-state index in [-0.39, 0.29) is 29.2 Å². The number of piperazine rings is 1. The van der Waals surface area contributed by atoms with Gasteiger partial charge in [-0.05, 0) is 32.4 Å². The Kier molecular flexibility index (Phi) is 11.0. The number of carbonyl (C=O) groups excluding carboxylic acids is 1. The van der Waals surface area contributed by atoms with Gasteiger partial charge in [0.25, 0.3) is 0 Å². The number of aromatic nitrogens is 2. The van der Waals surface area contributed by atoms with Gasteiger partial charge in [0.1, 0.15) is 11.5 Å². The lowest BCUT2D eigenvalue weighted by atomic mass is 10.2. The number of anilines is 1. The van der Waals surface area contributed by atoms with E-state index in [1.165, 1.54) is 11.7 Å². The average molecular weight is 466 g/mol. The fraction of sp³-hybridized carbons (Fsp3) is 0.682. The Bertz CT molecular complexity index is 853. The van der Waals surface area contributed by atoms with Gasteiger partial charge in [-0.25, -0.2) is 4.79 Å². The van der Waals surface area contributed by atoms with Crippen LogP contribution in [0.2, 0.25) is 0 Å². The Morgan fingerprint density at radius 2 is 1.76 bits per heavy atom. The van der Waals surface area contributed by atoms with Crippen molar-refractivity contribution in [3.63, 3.8) is 0 Å². The minimum atomic E-state index is -0.308. The van der Waals surface area contributed by atoms with Crippen molar-refractivity contribution in [2.75, 3.05) is 58.7 Å². The van der Waals surface area contributed by atoms with Crippen molar-refractivity contribution in [1.29, 1.82) is 0 Å². The van der Waals surface area contributed by atoms with Crippen LogP contribution in [0.15, 0.2) is 22.2 Å². The van der Waals surface area contributed by atoms with Crippen LogP contribution in [0.5, 0.6) is 0 Å². The summed E-state index contributed by atoms with van der Waals surface area (Å²) in [6.45, 7) is 12.3. The molecule has 0 radical (unpaired) electrons. The van der Waals surface area contributed by atoms with Crippen molar-refractivity contribution in [3.05, 3.63) is 28.6 Å². The highest BCUT2D eigenvalue weighted by atomic mass is 16.5. The van der Waals surface area contributed by atoms with E-state index in [0.717, 1.165) is 65.0 Å². The van der Waals surface area contributed by atoms with E-state index in [2.05, 4.69) is 33.3 Å². The lowest BCUT2D eigenvalue weighted by Crippen LogP contribution is -2.47. The number of nitrogens with one attached hydrogen (secondary N) is 1. The molecule has 11 nitrogen and oxygen atoms in total. The number of nitrogen functional groups attached to an aromatic ring is 1. The largest absolute Gasteiger partial charge is 0.478 e. The Morgan fingerprint density at radius 3 is 2.39 bits per heavy atom. The van der Waals surface area contributed by atoms with E-state index >= 15 is 0 Å². The average Bonchev–Trinajstić information content (AvgIpc) is 3.09. The number of methoxy groups -OCH3 is 1. The molecule has 186 valence electrons. The maximum absolute atomic E-state index is 12.3. The lowest BCUT2D eigenvalue weighted by molar-refractivity contribution is -0.141. The van der Waals surface area contributed by atoms with Gasteiger partial charge in [-0.15, -0.1) is 0 Å². The molecule has 1 aliphatic heterocycles. The van der Waals surface area contributed by atoms with E-state index in [4.69, 9.17) is 20.9 Å². The molecular weight excluding hydrogens is 426 g/mol. The van der Waals surface area contributed by atoms with Gasteiger partial charge < -0.3 is 35.7 Å². The molecule has 0 bridgehead atoms. The number of nitrogens with zero attached hydrogens (tertiary/aromatic N) is 4. The Labute approximate surface area is 195 Å². The van der Waals surface area contributed by atoms with Crippen molar-refractivity contribution in [2.45, 2.75) is 45.6 Å². The minimum Gasteiger partial charge on any atom is -0.478 e. The maximum atomic E-state index is 12.3. The number of aromatic amines is 1. The second kappa shape index (κ2) is 13.7. The van der Waals surface area contributed by atoms with Crippen LogP contribution < -0.4 is 17.2 Å². The van der Waals surface area contributed by atoms with Crippen LogP contribution >= 0.6 is 0 Å². The highest BCUT2D eigenvalue weighted by Gasteiger charge is 2.18. The summed E-state index contributed by atoms with van der Waals surface area (Å²) in [5.41, 5.74) is 12.1. The molecule has 2 rings (SSSR count). The first-order chi connectivity index (χ1) is 15.8. The molecule has 1 saturated heterocycles. The summed E-state index contributed by atoms with van der Waals surface area (Å²) in [7, 11) is 1.42. The van der Waals surface area contributed by atoms with Gasteiger partial charge in [-0.3, -0.25) is 9.36 Å². The van der Waals surface area contributed by atoms with E-state index in [9.17, 15) is 9.59 Å². The molecule has 1 fully saturated rings. The van der Waals surface area contributed by atoms with Crippen molar-refractivity contribution in [2.24, 2.45) is 10.7 Å². The van der Waals surface area contributed by atoms with Crippen LogP contribution in [0.3, 0.4) is 0 Å². The SMILES string of the molecule is C=C(N=C(N)c1[nH]c(=O)n(CCCCN2CCN(CCC(=O)OC)CC2)c1N)OCCCC. The summed E-state index contributed by atoms with van der Waals surface area (Å²) >= 11 is 0. The molecule has 1 aromatic rings. The van der Waals surface area contributed by atoms with Crippen LogP contribution in [0, 0.1) is 0 Å². The molecule has 2 heterocycles. The number of rotatable bonds is 14. The number of hydrogen-bond donors (Lipinski definition) is 3. The highest BCUT2D eigenvalue weighted by molar-refractivity contribution is 6.00. The summed E-state index contributed by atoms with van der Waals surface area (Å²) in [5, 5.41) is 0. The van der Waals surface area contributed by atoms with Crippen LogP contribution in [0.25, 0.3) is 0 Å². The van der Waals surface area contributed by atoms with Gasteiger partial charge in [0.05, 0.1) is 20.1 Å². The van der Waals surface area contributed by atoms with E-state index in [1.807, 2.05) is 0 Å². The van der Waals surface area contributed by atoms with Gasteiger partial charge in [0.15, 0.2) is 5.84 Å². The smallest absolute Gasteiger partial charge is 0.327 e. The standard InChI is InChI=1S/C22H39N7O4/c1-4-5-16-33-17(2)25-20(23)19-21(24)29(22(31)26-19)10-7-6-9-27-12-14-28(15-13-27)11-8-18(30)32-3/h2,4-16,24H2,1,3H3,(H2,23,25)(H,26,31). The number of nitrogens with two attached hydrogens (primary N) is 2. The van der Waals surface area contributed by atoms with Crippen molar-refractivity contribution in [1.82, 2.24) is 19.4 Å². The monoisotopic (exact) mass is 465 g/mol. The predicted molar refractivity (Wildman–Crippen MR) is 129 cm³/mol. The van der Waals surface area contributed by atoms with Crippen LogP contribution in [0.1, 0.15) is 44.7 Å². The Morgan fingerprint density at radius 1 is 1.12 bits per heavy atom. The van der Waals surface area contributed by atoms with Crippen LogP contribution in [0.4, 0.5) is 5.82 Å². The lowest BCUT2D eigenvalue weighted by Gasteiger charge is -2.34. The molecule has 33 heavy (non-hydrogen) atoms. The number of aliphatic imine (C=N–C) groups is 1. The number of ether oxygens (including phenoxy) is 2. The minimum absolute atomic E-state index is 0.0786. The molecule has 0 saturated carbocycles. The first-order valence-corrected chi connectivity index (χ1v) is 11.6. The Balaban J connectivity index is 1.75. The van der Waals surface area contributed by atoms with Gasteiger partial charge in [0, 0.05) is 39.3 Å². The third-order valence-corrected chi connectivity index (χ3v) is 5.72. The molecular formula is C22H39N7O4. The van der Waals surface area contributed by atoms with Crippen LogP contribution in [-0.2, 0) is 20.8 Å². The topological polar surface area (TPSA) is 144 Å². The van der Waals surface area contributed by atoms with Gasteiger partial charge >= 0.3 is 11.7 Å². The summed E-state index contributed by atoms with van der Waals surface area (Å²) in [6, 6.07) is 0. The third-order valence-electron chi connectivity index (χ3n) is 5.72. The number of imidazole rings is 1. The second-order valence-corrected chi connectivity index (χ2v) is 8.15. The number of unbranched alkanes of at least 4 members (excludes halogenated alkanes) is 2. The molecule has 1 aromatic heterocycles. The predicted octanol–water partition coefficient (Wildman–Crippen LogP) is 0.713. The third kappa shape index (κ3) is 8.58. The van der Waals surface area contributed by atoms with Crippen molar-refractivity contribution in [3.8, 4) is 0 Å². The van der Waals surface area contributed by atoms with Gasteiger partial charge in [-0.2, -0.15) is 4.99 Å². The normalized spacial score (nSPS) is 15.5. The van der Waals surface area contributed by atoms with Crippen LogP contribution in [-0.4, -0.2) is 84.1 Å². The zero-order valence-electron chi connectivity index (χ0n) is 20.0. The maximum Gasteiger partial charge on any atom is 0.327 e. The van der Waals surface area contributed by atoms with Crippen molar-refractivity contribution >= 4 is 17.6 Å². The molecule has 0 spiro atoms. The molecule has 11 heteroatoms. The molecule has 0 unspecified atom stereocenters. The summed E-state index contributed by atoms with van der Waals surface area (Å²) in [6.07, 6.45) is 4.09. The van der Waals surface area contributed by atoms with E-state index in [1.54, 1.807) is 0 Å².